The number of nitrogens with zero attached hydrogens (tertiary/aromatic N) is 1. The minimum absolute atomic E-state index is 0.531. The highest BCUT2D eigenvalue weighted by Gasteiger charge is 2.29. The quantitative estimate of drug-likeness (QED) is 0.750. The number of aryl methyl sites for hydroxylation is 2. The molecule has 1 aliphatic heterocycles. The highest BCUT2D eigenvalue weighted by Crippen LogP contribution is 2.32. The number of hydrogen-bond donors (Lipinski definition) is 2. The molecule has 0 amide bonds. The summed E-state index contributed by atoms with van der Waals surface area (Å²) >= 11 is 0. The highest BCUT2D eigenvalue weighted by atomic mass is 16.6. The summed E-state index contributed by atoms with van der Waals surface area (Å²) in [6, 6.07) is 16.5. The lowest BCUT2D eigenvalue weighted by molar-refractivity contribution is -0.198. The maximum Gasteiger partial charge on any atom is 0.192 e. The fourth-order valence-electron chi connectivity index (χ4n) is 3.65. The number of benzene rings is 2. The summed E-state index contributed by atoms with van der Waals surface area (Å²) in [6.07, 6.45) is 2.24. The summed E-state index contributed by atoms with van der Waals surface area (Å²) in [5.74, 6) is -1.26. The molecule has 2 aromatic rings. The summed E-state index contributed by atoms with van der Waals surface area (Å²) in [7, 11) is 1.58. The molecule has 0 aliphatic carbocycles. The average molecular weight is 354 g/mol. The molecule has 1 heterocycles. The summed E-state index contributed by atoms with van der Waals surface area (Å²) in [6.45, 7) is 6.25. The zero-order valence-corrected chi connectivity index (χ0v) is 15.9. The van der Waals surface area contributed by atoms with Crippen molar-refractivity contribution < 1.29 is 9.84 Å². The second-order valence-electron chi connectivity index (χ2n) is 6.91. The molecule has 2 aromatic carbocycles. The second-order valence-corrected chi connectivity index (χ2v) is 6.91. The zero-order chi connectivity index (χ0) is 18.4. The summed E-state index contributed by atoms with van der Waals surface area (Å²) in [5, 5.41) is 14.5. The van der Waals surface area contributed by atoms with Gasteiger partial charge in [-0.1, -0.05) is 43.3 Å². The SMILES string of the molecule is CCc1cc(C(O)(CCc2ccccc2)OC)ccc1N1CCNCC1. The van der Waals surface area contributed by atoms with E-state index in [1.165, 1.54) is 16.8 Å². The van der Waals surface area contributed by atoms with E-state index in [4.69, 9.17) is 4.74 Å². The van der Waals surface area contributed by atoms with Gasteiger partial charge in [0.25, 0.3) is 0 Å². The van der Waals surface area contributed by atoms with Crippen molar-refractivity contribution >= 4 is 5.69 Å². The molecule has 0 radical (unpaired) electrons. The first-order valence-corrected chi connectivity index (χ1v) is 9.57. The van der Waals surface area contributed by atoms with E-state index in [1.807, 2.05) is 24.3 Å². The van der Waals surface area contributed by atoms with E-state index in [9.17, 15) is 5.11 Å². The number of piperazine rings is 1. The first-order chi connectivity index (χ1) is 12.7. The number of ether oxygens (including phenoxy) is 1. The zero-order valence-electron chi connectivity index (χ0n) is 15.9. The predicted molar refractivity (Wildman–Crippen MR) is 107 cm³/mol. The Morgan fingerprint density at radius 1 is 1.12 bits per heavy atom. The van der Waals surface area contributed by atoms with Gasteiger partial charge in [0.2, 0.25) is 0 Å². The van der Waals surface area contributed by atoms with Crippen molar-refractivity contribution in [2.75, 3.05) is 38.2 Å². The Labute approximate surface area is 156 Å². The first kappa shape index (κ1) is 18.9. The number of rotatable bonds is 7. The van der Waals surface area contributed by atoms with Crippen molar-refractivity contribution in [3.05, 3.63) is 65.2 Å². The Morgan fingerprint density at radius 3 is 2.50 bits per heavy atom. The van der Waals surface area contributed by atoms with Crippen molar-refractivity contribution in [1.82, 2.24) is 5.32 Å². The molecular formula is C22H30N2O2. The van der Waals surface area contributed by atoms with E-state index in [0.29, 0.717) is 6.42 Å². The minimum Gasteiger partial charge on any atom is -0.369 e. The van der Waals surface area contributed by atoms with Crippen molar-refractivity contribution in [3.8, 4) is 0 Å². The molecule has 2 N–H and O–H groups in total. The van der Waals surface area contributed by atoms with Crippen LogP contribution in [0.1, 0.15) is 30.0 Å². The third-order valence-corrected chi connectivity index (χ3v) is 5.30. The number of anilines is 1. The Bertz CT molecular complexity index is 699. The van der Waals surface area contributed by atoms with Crippen LogP contribution in [0.2, 0.25) is 0 Å². The van der Waals surface area contributed by atoms with E-state index >= 15 is 0 Å². The molecule has 0 aromatic heterocycles. The van der Waals surface area contributed by atoms with Gasteiger partial charge in [-0.05, 0) is 36.1 Å². The van der Waals surface area contributed by atoms with Gasteiger partial charge in [0, 0.05) is 51.0 Å². The lowest BCUT2D eigenvalue weighted by Crippen LogP contribution is -2.44. The average Bonchev–Trinajstić information content (AvgIpc) is 2.73. The number of hydrogen-bond acceptors (Lipinski definition) is 4. The summed E-state index contributed by atoms with van der Waals surface area (Å²) in [5.41, 5.74) is 4.58. The summed E-state index contributed by atoms with van der Waals surface area (Å²) in [4.78, 5) is 2.43. The van der Waals surface area contributed by atoms with E-state index in [1.54, 1.807) is 7.11 Å². The molecule has 1 atom stereocenters. The highest BCUT2D eigenvalue weighted by molar-refractivity contribution is 5.56. The van der Waals surface area contributed by atoms with Gasteiger partial charge in [-0.15, -0.1) is 0 Å². The van der Waals surface area contributed by atoms with E-state index < -0.39 is 5.79 Å². The Hall–Kier alpha value is -1.88. The number of aliphatic hydroxyl groups is 1. The molecule has 1 aliphatic rings. The van der Waals surface area contributed by atoms with Crippen molar-refractivity contribution in [1.29, 1.82) is 0 Å². The fraction of sp³-hybridized carbons (Fsp3) is 0.455. The van der Waals surface area contributed by atoms with Crippen LogP contribution in [-0.2, 0) is 23.4 Å². The van der Waals surface area contributed by atoms with Crippen LogP contribution in [0, 0.1) is 0 Å². The third kappa shape index (κ3) is 4.26. The smallest absolute Gasteiger partial charge is 0.192 e. The third-order valence-electron chi connectivity index (χ3n) is 5.30. The number of methoxy groups -OCH3 is 1. The standard InChI is InChI=1S/C22H30N2O2/c1-3-19-17-20(9-10-21(19)24-15-13-23-14-16-24)22(25,26-2)12-11-18-7-5-4-6-8-18/h4-10,17,23,25H,3,11-16H2,1-2H3. The van der Waals surface area contributed by atoms with E-state index in [-0.39, 0.29) is 0 Å². The van der Waals surface area contributed by atoms with Crippen LogP contribution in [-0.4, -0.2) is 38.4 Å². The molecule has 1 fully saturated rings. The molecule has 4 heteroatoms. The molecular weight excluding hydrogens is 324 g/mol. The maximum absolute atomic E-state index is 11.1. The van der Waals surface area contributed by atoms with Gasteiger partial charge in [0.1, 0.15) is 0 Å². The Kier molecular flexibility index (Phi) is 6.30. The largest absolute Gasteiger partial charge is 0.369 e. The van der Waals surface area contributed by atoms with Gasteiger partial charge >= 0.3 is 0 Å². The molecule has 1 unspecified atom stereocenters. The van der Waals surface area contributed by atoms with Gasteiger partial charge in [-0.25, -0.2) is 0 Å². The molecule has 0 bridgehead atoms. The van der Waals surface area contributed by atoms with Crippen LogP contribution in [0.25, 0.3) is 0 Å². The monoisotopic (exact) mass is 354 g/mol. The molecule has 3 rings (SSSR count). The number of nitrogens with one attached hydrogen (secondary N) is 1. The van der Waals surface area contributed by atoms with Gasteiger partial charge in [0.05, 0.1) is 0 Å². The lowest BCUT2D eigenvalue weighted by atomic mass is 9.94. The second kappa shape index (κ2) is 8.67. The van der Waals surface area contributed by atoms with Crippen molar-refractivity contribution in [3.63, 3.8) is 0 Å². The van der Waals surface area contributed by atoms with Gasteiger partial charge < -0.3 is 20.1 Å². The fourth-order valence-corrected chi connectivity index (χ4v) is 3.65. The van der Waals surface area contributed by atoms with Crippen molar-refractivity contribution in [2.45, 2.75) is 32.0 Å². The van der Waals surface area contributed by atoms with Crippen LogP contribution in [0.15, 0.2) is 48.5 Å². The Morgan fingerprint density at radius 2 is 1.85 bits per heavy atom. The molecule has 140 valence electrons. The van der Waals surface area contributed by atoms with Crippen LogP contribution in [0.4, 0.5) is 5.69 Å². The van der Waals surface area contributed by atoms with Crippen LogP contribution >= 0.6 is 0 Å². The molecule has 0 saturated carbocycles. The normalized spacial score (nSPS) is 17.1. The topological polar surface area (TPSA) is 44.7 Å². The van der Waals surface area contributed by atoms with Gasteiger partial charge in [-0.3, -0.25) is 0 Å². The maximum atomic E-state index is 11.1. The van der Waals surface area contributed by atoms with Crippen LogP contribution in [0.5, 0.6) is 0 Å². The molecule has 4 nitrogen and oxygen atoms in total. The predicted octanol–water partition coefficient (Wildman–Crippen LogP) is 3.08. The molecule has 26 heavy (non-hydrogen) atoms. The van der Waals surface area contributed by atoms with E-state index in [0.717, 1.165) is 44.6 Å². The van der Waals surface area contributed by atoms with Crippen molar-refractivity contribution in [2.24, 2.45) is 0 Å². The van der Waals surface area contributed by atoms with Gasteiger partial charge in [0.15, 0.2) is 5.79 Å². The first-order valence-electron chi connectivity index (χ1n) is 9.57. The van der Waals surface area contributed by atoms with E-state index in [2.05, 4.69) is 41.4 Å². The van der Waals surface area contributed by atoms with Crippen LogP contribution < -0.4 is 10.2 Å². The summed E-state index contributed by atoms with van der Waals surface area (Å²) < 4.78 is 5.56. The Balaban J connectivity index is 1.80. The lowest BCUT2D eigenvalue weighted by Gasteiger charge is -2.33. The molecule has 1 saturated heterocycles. The van der Waals surface area contributed by atoms with Crippen LogP contribution in [0.3, 0.4) is 0 Å². The molecule has 0 spiro atoms. The minimum atomic E-state index is -1.26. The van der Waals surface area contributed by atoms with Gasteiger partial charge in [-0.2, -0.15) is 0 Å².